The summed E-state index contributed by atoms with van der Waals surface area (Å²) >= 11 is 9.49. The maximum atomic E-state index is 11.3. The second-order valence-corrected chi connectivity index (χ2v) is 12.8. The molecule has 3 atom stereocenters. The molecule has 3 heterocycles. The fraction of sp³-hybridized carbons (Fsp3) is 0.500. The predicted octanol–water partition coefficient (Wildman–Crippen LogP) is 6.76. The number of pyridine rings is 1. The number of hydrogen-bond acceptors (Lipinski definition) is 7. The molecule has 3 aromatic rings. The monoisotopic (exact) mass is 562 g/mol. The zero-order valence-corrected chi connectivity index (χ0v) is 23.5. The lowest BCUT2D eigenvalue weighted by Gasteiger charge is -2.39. The molecule has 6 nitrogen and oxygen atoms in total. The van der Waals surface area contributed by atoms with Crippen LogP contribution in [-0.4, -0.2) is 58.6 Å². The number of aliphatic carboxylic acids is 1. The Balaban J connectivity index is 1.32. The molecule has 0 radical (unpaired) electrons. The Kier molecular flexibility index (Phi) is 10.5. The van der Waals surface area contributed by atoms with E-state index in [0.29, 0.717) is 24.7 Å². The van der Waals surface area contributed by atoms with Crippen LogP contribution in [-0.2, 0) is 4.79 Å². The summed E-state index contributed by atoms with van der Waals surface area (Å²) in [5.41, 5.74) is 1.71. The Morgan fingerprint density at radius 3 is 2.89 bits per heavy atom. The highest BCUT2D eigenvalue weighted by molar-refractivity contribution is 8.01. The van der Waals surface area contributed by atoms with Gasteiger partial charge in [-0.05, 0) is 99.0 Å². The van der Waals surface area contributed by atoms with E-state index < -0.39 is 12.1 Å². The maximum absolute atomic E-state index is 11.3. The first-order valence-corrected chi connectivity index (χ1v) is 15.0. The number of hydrogen-bond donors (Lipinski definition) is 2. The van der Waals surface area contributed by atoms with Gasteiger partial charge in [-0.1, -0.05) is 11.6 Å². The summed E-state index contributed by atoms with van der Waals surface area (Å²) in [5.74, 6) is 1.80. The maximum Gasteiger partial charge on any atom is 0.303 e. The van der Waals surface area contributed by atoms with Crippen LogP contribution >= 0.6 is 34.7 Å². The average molecular weight is 563 g/mol. The lowest BCUT2D eigenvalue weighted by molar-refractivity contribution is -0.137. The van der Waals surface area contributed by atoms with E-state index in [2.05, 4.69) is 16.0 Å². The number of carboxylic acids is 1. The fourth-order valence-corrected chi connectivity index (χ4v) is 7.61. The smallest absolute Gasteiger partial charge is 0.303 e. The van der Waals surface area contributed by atoms with Gasteiger partial charge in [-0.25, -0.2) is 0 Å². The number of thioether (sulfide) groups is 1. The number of nitrogens with zero attached hydrogens (tertiary/aromatic N) is 2. The molecule has 0 aliphatic carbocycles. The number of carbonyl (C=O) groups is 1. The Morgan fingerprint density at radius 2 is 2.14 bits per heavy atom. The first kappa shape index (κ1) is 28.2. The van der Waals surface area contributed by atoms with E-state index in [-0.39, 0.29) is 6.42 Å². The number of halogens is 1. The van der Waals surface area contributed by atoms with Crippen LogP contribution in [0.25, 0.3) is 10.9 Å². The SMILES string of the molecule is COc1ccc2nccc([C@@H](O)CCC3CCN(CCCSc4ccc(Cl)s4)CC3CCC(=O)O)c2c1. The highest BCUT2D eigenvalue weighted by Crippen LogP contribution is 2.36. The minimum atomic E-state index is -0.737. The van der Waals surface area contributed by atoms with E-state index in [1.165, 1.54) is 4.21 Å². The molecule has 200 valence electrons. The lowest BCUT2D eigenvalue weighted by Crippen LogP contribution is -2.41. The van der Waals surface area contributed by atoms with E-state index in [1.54, 1.807) is 24.6 Å². The molecule has 9 heteroatoms. The minimum absolute atomic E-state index is 0.196. The summed E-state index contributed by atoms with van der Waals surface area (Å²) in [7, 11) is 1.63. The highest BCUT2D eigenvalue weighted by atomic mass is 35.5. The third-order valence-electron chi connectivity index (χ3n) is 7.27. The molecule has 1 fully saturated rings. The first-order valence-electron chi connectivity index (χ1n) is 12.9. The van der Waals surface area contributed by atoms with Crippen molar-refractivity contribution in [2.45, 2.75) is 48.8 Å². The Labute approximate surface area is 232 Å². The number of aliphatic hydroxyl groups is 1. The third kappa shape index (κ3) is 8.07. The van der Waals surface area contributed by atoms with E-state index in [0.717, 1.165) is 71.2 Å². The van der Waals surface area contributed by atoms with Gasteiger partial charge in [0, 0.05) is 30.3 Å². The molecule has 4 rings (SSSR count). The van der Waals surface area contributed by atoms with Crippen molar-refractivity contribution in [3.8, 4) is 5.75 Å². The van der Waals surface area contributed by atoms with Gasteiger partial charge >= 0.3 is 5.97 Å². The normalized spacial score (nSPS) is 19.2. The van der Waals surface area contributed by atoms with Gasteiger partial charge in [0.1, 0.15) is 5.75 Å². The number of benzene rings is 1. The number of methoxy groups -OCH3 is 1. The second-order valence-electron chi connectivity index (χ2n) is 9.68. The van der Waals surface area contributed by atoms with Crippen molar-refractivity contribution in [2.24, 2.45) is 11.8 Å². The summed E-state index contributed by atoms with van der Waals surface area (Å²) < 4.78 is 7.45. The zero-order valence-electron chi connectivity index (χ0n) is 21.1. The highest BCUT2D eigenvalue weighted by Gasteiger charge is 2.30. The van der Waals surface area contributed by atoms with Crippen LogP contribution in [0, 0.1) is 11.8 Å². The Bertz CT molecular complexity index is 1170. The number of ether oxygens (including phenoxy) is 1. The molecule has 1 saturated heterocycles. The average Bonchev–Trinajstić information content (AvgIpc) is 3.33. The molecule has 1 aliphatic rings. The van der Waals surface area contributed by atoms with Crippen molar-refractivity contribution < 1.29 is 19.7 Å². The van der Waals surface area contributed by atoms with Crippen molar-refractivity contribution in [3.63, 3.8) is 0 Å². The Morgan fingerprint density at radius 1 is 1.27 bits per heavy atom. The first-order chi connectivity index (χ1) is 17.9. The number of fused-ring (bicyclic) bond motifs is 1. The molecule has 2 N–H and O–H groups in total. The number of carboxylic acid groups (broad SMARTS) is 1. The molecule has 1 aliphatic heterocycles. The van der Waals surface area contributed by atoms with Gasteiger partial charge in [0.05, 0.1) is 27.3 Å². The lowest BCUT2D eigenvalue weighted by atomic mass is 9.79. The summed E-state index contributed by atoms with van der Waals surface area (Å²) in [4.78, 5) is 18.2. The summed E-state index contributed by atoms with van der Waals surface area (Å²) in [6.45, 7) is 2.98. The van der Waals surface area contributed by atoms with Crippen LogP contribution in [0.3, 0.4) is 0 Å². The number of piperidine rings is 1. The molecular formula is C28H35ClN2O4S2. The topological polar surface area (TPSA) is 82.9 Å². The number of likely N-dealkylation sites (tertiary alicyclic amines) is 1. The Hall–Kier alpha value is -1.84. The van der Waals surface area contributed by atoms with E-state index in [1.807, 2.05) is 42.1 Å². The molecule has 0 bridgehead atoms. The van der Waals surface area contributed by atoms with Crippen molar-refractivity contribution in [1.29, 1.82) is 0 Å². The number of aromatic nitrogens is 1. The van der Waals surface area contributed by atoms with Crippen LogP contribution in [0.15, 0.2) is 46.8 Å². The van der Waals surface area contributed by atoms with Gasteiger partial charge in [-0.2, -0.15) is 0 Å². The molecule has 2 aromatic heterocycles. The molecule has 37 heavy (non-hydrogen) atoms. The summed E-state index contributed by atoms with van der Waals surface area (Å²) in [6, 6.07) is 11.6. The quantitative estimate of drug-likeness (QED) is 0.176. The molecule has 0 saturated carbocycles. The fourth-order valence-electron chi connectivity index (χ4n) is 5.30. The summed E-state index contributed by atoms with van der Waals surface area (Å²) in [5, 5.41) is 21.3. The van der Waals surface area contributed by atoms with Crippen LogP contribution in [0.1, 0.15) is 50.2 Å². The predicted molar refractivity (Wildman–Crippen MR) is 152 cm³/mol. The minimum Gasteiger partial charge on any atom is -0.497 e. The number of thiophene rings is 1. The molecule has 0 spiro atoms. The van der Waals surface area contributed by atoms with Crippen molar-refractivity contribution in [3.05, 3.63) is 52.5 Å². The van der Waals surface area contributed by atoms with Gasteiger partial charge in [0.2, 0.25) is 0 Å². The van der Waals surface area contributed by atoms with E-state index >= 15 is 0 Å². The van der Waals surface area contributed by atoms with E-state index in [9.17, 15) is 15.0 Å². The van der Waals surface area contributed by atoms with Gasteiger partial charge < -0.3 is 19.8 Å². The van der Waals surface area contributed by atoms with Gasteiger partial charge in [0.25, 0.3) is 0 Å². The standard InChI is InChI=1S/C28H35ClN2O4S2/c1-35-21-5-6-24-23(17-21)22(11-13-30-24)25(32)7-3-19-12-15-31(18-20(19)4-9-27(33)34)14-2-16-36-28-10-8-26(29)37-28/h5-6,8,10-11,13,17,19-20,25,32H,2-4,7,9,12,14-16,18H2,1H3,(H,33,34)/t19?,20?,25-/m0/s1. The largest absolute Gasteiger partial charge is 0.497 e. The zero-order chi connectivity index (χ0) is 26.2. The second kappa shape index (κ2) is 13.8. The molecule has 1 aromatic carbocycles. The van der Waals surface area contributed by atoms with E-state index in [4.69, 9.17) is 16.3 Å². The third-order valence-corrected chi connectivity index (χ3v) is 9.81. The molecule has 0 amide bonds. The van der Waals surface area contributed by atoms with Crippen LogP contribution in [0.4, 0.5) is 0 Å². The van der Waals surface area contributed by atoms with Crippen molar-refractivity contribution in [2.75, 3.05) is 32.5 Å². The summed E-state index contributed by atoms with van der Waals surface area (Å²) in [6.07, 6.45) is 5.67. The van der Waals surface area contributed by atoms with Gasteiger partial charge in [0.15, 0.2) is 0 Å². The van der Waals surface area contributed by atoms with Gasteiger partial charge in [-0.15, -0.1) is 23.1 Å². The molecule has 2 unspecified atom stereocenters. The molecular weight excluding hydrogens is 528 g/mol. The van der Waals surface area contributed by atoms with Crippen LogP contribution < -0.4 is 4.74 Å². The van der Waals surface area contributed by atoms with Crippen LogP contribution in [0.5, 0.6) is 5.75 Å². The van der Waals surface area contributed by atoms with Gasteiger partial charge in [-0.3, -0.25) is 9.78 Å². The number of rotatable bonds is 13. The number of aliphatic hydroxyl groups excluding tert-OH is 1. The van der Waals surface area contributed by atoms with Crippen molar-refractivity contribution >= 4 is 51.6 Å². The van der Waals surface area contributed by atoms with Crippen LogP contribution in [0.2, 0.25) is 4.34 Å². The van der Waals surface area contributed by atoms with Crippen molar-refractivity contribution in [1.82, 2.24) is 9.88 Å².